The molecule has 1 aromatic carbocycles. The molecule has 0 fully saturated rings. The second-order valence-corrected chi connectivity index (χ2v) is 5.47. The number of hydrogen-bond donors (Lipinski definition) is 0. The Bertz CT molecular complexity index is 640. The maximum atomic E-state index is 12.0. The smallest absolute Gasteiger partial charge is 0.260 e. The molecule has 1 heterocycles. The van der Waals surface area contributed by atoms with E-state index in [-0.39, 0.29) is 12.5 Å². The van der Waals surface area contributed by atoms with Gasteiger partial charge in [-0.3, -0.25) is 4.79 Å². The van der Waals surface area contributed by atoms with Gasteiger partial charge in [-0.05, 0) is 37.3 Å². The number of hydrogen-bond acceptors (Lipinski definition) is 3. The summed E-state index contributed by atoms with van der Waals surface area (Å²) in [5.74, 6) is 1.80. The summed E-state index contributed by atoms with van der Waals surface area (Å²) >= 11 is 11.8. The first kappa shape index (κ1) is 15.7. The van der Waals surface area contributed by atoms with Crippen LogP contribution in [0.5, 0.6) is 5.75 Å². The van der Waals surface area contributed by atoms with Crippen molar-refractivity contribution in [1.82, 2.24) is 4.90 Å². The molecule has 0 radical (unpaired) electrons. The molecule has 0 unspecified atom stereocenters. The normalized spacial score (nSPS) is 10.5. The van der Waals surface area contributed by atoms with Crippen LogP contribution < -0.4 is 4.74 Å². The predicted molar refractivity (Wildman–Crippen MR) is 81.9 cm³/mol. The molecule has 0 spiro atoms. The van der Waals surface area contributed by atoms with E-state index in [1.165, 1.54) is 4.90 Å². The van der Waals surface area contributed by atoms with Crippen LogP contribution in [0.2, 0.25) is 10.0 Å². The van der Waals surface area contributed by atoms with Crippen molar-refractivity contribution in [3.63, 3.8) is 0 Å². The highest BCUT2D eigenvalue weighted by Gasteiger charge is 2.13. The maximum Gasteiger partial charge on any atom is 0.260 e. The van der Waals surface area contributed by atoms with Gasteiger partial charge >= 0.3 is 0 Å². The maximum absolute atomic E-state index is 12.0. The number of benzene rings is 1. The zero-order valence-corrected chi connectivity index (χ0v) is 13.2. The van der Waals surface area contributed by atoms with E-state index in [1.54, 1.807) is 25.2 Å². The third-order valence-corrected chi connectivity index (χ3v) is 3.39. The zero-order chi connectivity index (χ0) is 15.4. The fourth-order valence-corrected chi connectivity index (χ4v) is 2.20. The standard InChI is InChI=1S/C15H15Cl2NO3/c1-10-3-5-12(21-10)8-18(2)15(19)9-20-14-6-4-11(16)7-13(14)17/h3-7H,8-9H2,1-2H3. The number of rotatable bonds is 5. The van der Waals surface area contributed by atoms with Gasteiger partial charge in [-0.2, -0.15) is 0 Å². The molecule has 0 atom stereocenters. The molecule has 0 saturated carbocycles. The van der Waals surface area contributed by atoms with Gasteiger partial charge in [0.2, 0.25) is 0 Å². The average Bonchev–Trinajstić information content (AvgIpc) is 2.82. The molecule has 0 aliphatic carbocycles. The Morgan fingerprint density at radius 2 is 2.05 bits per heavy atom. The number of nitrogens with zero attached hydrogens (tertiary/aromatic N) is 1. The third-order valence-electron chi connectivity index (χ3n) is 2.86. The van der Waals surface area contributed by atoms with Crippen molar-refractivity contribution in [1.29, 1.82) is 0 Å². The minimum Gasteiger partial charge on any atom is -0.482 e. The van der Waals surface area contributed by atoms with Crippen LogP contribution in [0.3, 0.4) is 0 Å². The van der Waals surface area contributed by atoms with Crippen molar-refractivity contribution in [2.45, 2.75) is 13.5 Å². The first-order valence-corrected chi connectivity index (χ1v) is 7.08. The molecule has 6 heteroatoms. The number of likely N-dealkylation sites (N-methyl/N-ethyl adjacent to an activating group) is 1. The van der Waals surface area contributed by atoms with Crippen LogP contribution in [-0.4, -0.2) is 24.5 Å². The van der Waals surface area contributed by atoms with Crippen LogP contribution in [0.25, 0.3) is 0 Å². The van der Waals surface area contributed by atoms with Crippen molar-refractivity contribution in [2.24, 2.45) is 0 Å². The van der Waals surface area contributed by atoms with Gasteiger partial charge in [0, 0.05) is 12.1 Å². The van der Waals surface area contributed by atoms with E-state index in [2.05, 4.69) is 0 Å². The summed E-state index contributed by atoms with van der Waals surface area (Å²) in [7, 11) is 1.69. The quantitative estimate of drug-likeness (QED) is 0.835. The van der Waals surface area contributed by atoms with E-state index in [9.17, 15) is 4.79 Å². The average molecular weight is 328 g/mol. The third kappa shape index (κ3) is 4.41. The SMILES string of the molecule is Cc1ccc(CN(C)C(=O)COc2ccc(Cl)cc2Cl)o1. The van der Waals surface area contributed by atoms with Crippen LogP contribution >= 0.6 is 23.2 Å². The van der Waals surface area contributed by atoms with E-state index in [0.29, 0.717) is 22.3 Å². The summed E-state index contributed by atoms with van der Waals surface area (Å²) in [6.45, 7) is 2.15. The molecule has 2 aromatic rings. The molecular formula is C15H15Cl2NO3. The predicted octanol–water partition coefficient (Wildman–Crippen LogP) is 3.93. The lowest BCUT2D eigenvalue weighted by molar-refractivity contribution is -0.132. The number of carbonyl (C=O) groups is 1. The first-order valence-electron chi connectivity index (χ1n) is 6.33. The molecule has 0 N–H and O–H groups in total. The van der Waals surface area contributed by atoms with Crippen LogP contribution in [0.1, 0.15) is 11.5 Å². The number of furan rings is 1. The van der Waals surface area contributed by atoms with E-state index < -0.39 is 0 Å². The lowest BCUT2D eigenvalue weighted by Gasteiger charge is -2.16. The zero-order valence-electron chi connectivity index (χ0n) is 11.7. The van der Waals surface area contributed by atoms with Gasteiger partial charge in [0.1, 0.15) is 17.3 Å². The Balaban J connectivity index is 1.89. The highest BCUT2D eigenvalue weighted by Crippen LogP contribution is 2.27. The Kier molecular flexibility index (Phi) is 5.15. The van der Waals surface area contributed by atoms with Crippen LogP contribution in [-0.2, 0) is 11.3 Å². The van der Waals surface area contributed by atoms with Crippen molar-refractivity contribution >= 4 is 29.1 Å². The second kappa shape index (κ2) is 6.87. The van der Waals surface area contributed by atoms with Crippen LogP contribution in [0, 0.1) is 6.92 Å². The molecule has 0 bridgehead atoms. The van der Waals surface area contributed by atoms with Gasteiger partial charge in [0.05, 0.1) is 11.6 Å². The van der Waals surface area contributed by atoms with Crippen molar-refractivity contribution in [2.75, 3.05) is 13.7 Å². The highest BCUT2D eigenvalue weighted by atomic mass is 35.5. The van der Waals surface area contributed by atoms with Gasteiger partial charge in [-0.25, -0.2) is 0 Å². The van der Waals surface area contributed by atoms with E-state index in [0.717, 1.165) is 11.5 Å². The topological polar surface area (TPSA) is 42.7 Å². The fourth-order valence-electron chi connectivity index (χ4n) is 1.73. The number of amides is 1. The summed E-state index contributed by atoms with van der Waals surface area (Å²) < 4.78 is 10.8. The number of halogens is 2. The Morgan fingerprint density at radius 3 is 2.67 bits per heavy atom. The summed E-state index contributed by atoms with van der Waals surface area (Å²) in [4.78, 5) is 13.5. The molecular weight excluding hydrogens is 313 g/mol. The van der Waals surface area contributed by atoms with Crippen molar-refractivity contribution in [3.05, 3.63) is 51.9 Å². The Hall–Kier alpha value is -1.65. The number of ether oxygens (including phenoxy) is 1. The van der Waals surface area contributed by atoms with Gasteiger partial charge < -0.3 is 14.1 Å². The molecule has 1 amide bonds. The summed E-state index contributed by atoms with van der Waals surface area (Å²) in [5, 5.41) is 0.892. The van der Waals surface area contributed by atoms with E-state index >= 15 is 0 Å². The Labute approximate surface area is 133 Å². The minimum atomic E-state index is -0.171. The molecule has 112 valence electrons. The number of aryl methyl sites for hydroxylation is 1. The summed E-state index contributed by atoms with van der Waals surface area (Å²) in [6, 6.07) is 8.56. The minimum absolute atomic E-state index is 0.0997. The van der Waals surface area contributed by atoms with Gasteiger partial charge in [0.25, 0.3) is 5.91 Å². The largest absolute Gasteiger partial charge is 0.482 e. The summed E-state index contributed by atoms with van der Waals surface area (Å²) in [5.41, 5.74) is 0. The van der Waals surface area contributed by atoms with Crippen LogP contribution in [0.4, 0.5) is 0 Å². The second-order valence-electron chi connectivity index (χ2n) is 4.63. The molecule has 0 saturated heterocycles. The monoisotopic (exact) mass is 327 g/mol. The lowest BCUT2D eigenvalue weighted by Crippen LogP contribution is -2.30. The molecule has 2 rings (SSSR count). The molecule has 4 nitrogen and oxygen atoms in total. The Morgan fingerprint density at radius 1 is 1.29 bits per heavy atom. The fraction of sp³-hybridized carbons (Fsp3) is 0.267. The summed E-state index contributed by atoms with van der Waals surface area (Å²) in [6.07, 6.45) is 0. The molecule has 1 aromatic heterocycles. The highest BCUT2D eigenvalue weighted by molar-refractivity contribution is 6.35. The molecule has 0 aliphatic heterocycles. The van der Waals surface area contributed by atoms with Crippen LogP contribution in [0.15, 0.2) is 34.7 Å². The molecule has 21 heavy (non-hydrogen) atoms. The van der Waals surface area contributed by atoms with Crippen molar-refractivity contribution < 1.29 is 13.9 Å². The lowest BCUT2D eigenvalue weighted by atomic mass is 10.3. The van der Waals surface area contributed by atoms with Gasteiger partial charge in [-0.1, -0.05) is 23.2 Å². The molecule has 0 aliphatic rings. The van der Waals surface area contributed by atoms with E-state index in [1.807, 2.05) is 19.1 Å². The van der Waals surface area contributed by atoms with Crippen molar-refractivity contribution in [3.8, 4) is 5.75 Å². The van der Waals surface area contributed by atoms with Gasteiger partial charge in [0.15, 0.2) is 6.61 Å². The number of carbonyl (C=O) groups excluding carboxylic acids is 1. The first-order chi connectivity index (χ1) is 9.95. The van der Waals surface area contributed by atoms with E-state index in [4.69, 9.17) is 32.4 Å². The van der Waals surface area contributed by atoms with Gasteiger partial charge in [-0.15, -0.1) is 0 Å².